The van der Waals surface area contributed by atoms with Crippen molar-refractivity contribution >= 4 is 23.2 Å². The van der Waals surface area contributed by atoms with Gasteiger partial charge in [0.15, 0.2) is 5.15 Å². The lowest BCUT2D eigenvalue weighted by Gasteiger charge is -2.05. The van der Waals surface area contributed by atoms with Crippen molar-refractivity contribution in [2.24, 2.45) is 0 Å². The molecular weight excluding hydrogens is 252 g/mol. The molecule has 0 saturated carbocycles. The van der Waals surface area contributed by atoms with E-state index in [1.165, 1.54) is 18.5 Å². The van der Waals surface area contributed by atoms with Gasteiger partial charge in [0, 0.05) is 5.56 Å². The van der Waals surface area contributed by atoms with Crippen LogP contribution in [-0.2, 0) is 0 Å². The van der Waals surface area contributed by atoms with Crippen LogP contribution in [0.5, 0.6) is 0 Å². The average molecular weight is 258 g/mol. The first kappa shape index (κ1) is 11.2. The molecule has 0 amide bonds. The van der Waals surface area contributed by atoms with Crippen LogP contribution in [0.4, 0.5) is 4.39 Å². The fraction of sp³-hybridized carbons (Fsp3) is 0.100. The van der Waals surface area contributed by atoms with Crippen molar-refractivity contribution in [3.05, 3.63) is 40.0 Å². The van der Waals surface area contributed by atoms with Gasteiger partial charge in [-0.1, -0.05) is 23.2 Å². The van der Waals surface area contributed by atoms with Gasteiger partial charge in [-0.25, -0.2) is 9.37 Å². The minimum absolute atomic E-state index is 0.139. The van der Waals surface area contributed by atoms with Gasteiger partial charge in [-0.05, 0) is 24.6 Å². The highest BCUT2D eigenvalue weighted by atomic mass is 35.5. The minimum Gasteiger partial charge on any atom is -0.220 e. The summed E-state index contributed by atoms with van der Waals surface area (Å²) < 4.78 is 13.4. The van der Waals surface area contributed by atoms with E-state index in [1.54, 1.807) is 6.92 Å². The zero-order chi connectivity index (χ0) is 11.7. The molecule has 1 aromatic carbocycles. The molecule has 0 atom stereocenters. The molecule has 3 nitrogen and oxygen atoms in total. The van der Waals surface area contributed by atoms with E-state index in [-0.39, 0.29) is 16.7 Å². The topological polar surface area (TPSA) is 38.7 Å². The summed E-state index contributed by atoms with van der Waals surface area (Å²) in [6.45, 7) is 1.63. The lowest BCUT2D eigenvalue weighted by Crippen LogP contribution is -1.94. The van der Waals surface area contributed by atoms with Crippen molar-refractivity contribution < 1.29 is 4.39 Å². The molecule has 6 heteroatoms. The second kappa shape index (κ2) is 4.31. The van der Waals surface area contributed by atoms with Crippen LogP contribution in [0.25, 0.3) is 11.3 Å². The van der Waals surface area contributed by atoms with Crippen molar-refractivity contribution in [3.63, 3.8) is 0 Å². The Bertz CT molecular complexity index is 546. The smallest absolute Gasteiger partial charge is 0.159 e. The molecule has 2 aromatic rings. The number of nitrogens with zero attached hydrogens (tertiary/aromatic N) is 3. The largest absolute Gasteiger partial charge is 0.220 e. The summed E-state index contributed by atoms with van der Waals surface area (Å²) in [6, 6.07) is 2.78. The van der Waals surface area contributed by atoms with E-state index in [9.17, 15) is 4.39 Å². The number of hydrogen-bond donors (Lipinski definition) is 0. The second-order valence-electron chi connectivity index (χ2n) is 3.18. The fourth-order valence-electron chi connectivity index (χ4n) is 1.26. The van der Waals surface area contributed by atoms with E-state index >= 15 is 0 Å². The van der Waals surface area contributed by atoms with Crippen LogP contribution < -0.4 is 0 Å². The van der Waals surface area contributed by atoms with E-state index in [1.807, 2.05) is 0 Å². The maximum atomic E-state index is 13.4. The first-order valence-electron chi connectivity index (χ1n) is 4.39. The van der Waals surface area contributed by atoms with Crippen LogP contribution in [0.15, 0.2) is 18.5 Å². The Morgan fingerprint density at radius 3 is 2.69 bits per heavy atom. The predicted octanol–water partition coefficient (Wildman–Crippen LogP) is 3.29. The molecule has 1 aromatic heterocycles. The molecule has 0 fully saturated rings. The van der Waals surface area contributed by atoms with Crippen molar-refractivity contribution in [3.8, 4) is 11.3 Å². The van der Waals surface area contributed by atoms with Crippen LogP contribution >= 0.6 is 23.2 Å². The van der Waals surface area contributed by atoms with Gasteiger partial charge in [0.2, 0.25) is 0 Å². The van der Waals surface area contributed by atoms with E-state index in [4.69, 9.17) is 23.2 Å². The molecule has 2 rings (SSSR count). The highest BCUT2D eigenvalue weighted by molar-refractivity contribution is 6.35. The van der Waals surface area contributed by atoms with Gasteiger partial charge in [0.25, 0.3) is 0 Å². The number of hydrogen-bond acceptors (Lipinski definition) is 3. The van der Waals surface area contributed by atoms with E-state index in [0.29, 0.717) is 16.1 Å². The first-order valence-corrected chi connectivity index (χ1v) is 5.14. The second-order valence-corrected chi connectivity index (χ2v) is 3.95. The number of halogens is 3. The van der Waals surface area contributed by atoms with Gasteiger partial charge in [0.05, 0.1) is 5.02 Å². The molecule has 0 radical (unpaired) electrons. The zero-order valence-electron chi connectivity index (χ0n) is 8.21. The summed E-state index contributed by atoms with van der Waals surface area (Å²) in [4.78, 5) is 3.76. The summed E-state index contributed by atoms with van der Waals surface area (Å²) in [6.07, 6.45) is 1.21. The molecule has 0 saturated heterocycles. The van der Waals surface area contributed by atoms with Crippen LogP contribution in [0.3, 0.4) is 0 Å². The molecule has 0 unspecified atom stereocenters. The Labute approximate surface area is 101 Å². The van der Waals surface area contributed by atoms with Crippen LogP contribution in [-0.4, -0.2) is 15.2 Å². The number of benzene rings is 1. The van der Waals surface area contributed by atoms with Gasteiger partial charge in [-0.15, -0.1) is 10.2 Å². The Morgan fingerprint density at radius 1 is 1.25 bits per heavy atom. The number of aryl methyl sites for hydroxylation is 1. The highest BCUT2D eigenvalue weighted by Gasteiger charge is 2.13. The van der Waals surface area contributed by atoms with Gasteiger partial charge in [-0.2, -0.15) is 0 Å². The first-order chi connectivity index (χ1) is 7.59. The molecule has 0 spiro atoms. The van der Waals surface area contributed by atoms with Gasteiger partial charge in [-0.3, -0.25) is 0 Å². The Hall–Kier alpha value is -1.26. The molecule has 0 aliphatic carbocycles. The molecule has 0 aliphatic rings. The van der Waals surface area contributed by atoms with Crippen molar-refractivity contribution in [2.45, 2.75) is 6.92 Å². The van der Waals surface area contributed by atoms with E-state index in [0.717, 1.165) is 0 Å². The summed E-state index contributed by atoms with van der Waals surface area (Å²) in [5, 5.41) is 7.88. The summed E-state index contributed by atoms with van der Waals surface area (Å²) in [7, 11) is 0. The van der Waals surface area contributed by atoms with Gasteiger partial charge < -0.3 is 0 Å². The number of aromatic nitrogens is 3. The summed E-state index contributed by atoms with van der Waals surface area (Å²) in [5.74, 6) is -0.374. The normalized spacial score (nSPS) is 10.5. The third kappa shape index (κ3) is 1.99. The Morgan fingerprint density at radius 2 is 2.00 bits per heavy atom. The SMILES string of the molecule is Cc1cc(Cl)c(-c2nncnc2Cl)cc1F. The zero-order valence-corrected chi connectivity index (χ0v) is 9.72. The molecule has 16 heavy (non-hydrogen) atoms. The monoisotopic (exact) mass is 257 g/mol. The quantitative estimate of drug-likeness (QED) is 0.787. The van der Waals surface area contributed by atoms with Crippen LogP contribution in [0.1, 0.15) is 5.56 Å². The van der Waals surface area contributed by atoms with Crippen LogP contribution in [0, 0.1) is 12.7 Å². The maximum Gasteiger partial charge on any atom is 0.159 e. The average Bonchev–Trinajstić information content (AvgIpc) is 2.25. The van der Waals surface area contributed by atoms with Crippen molar-refractivity contribution in [1.82, 2.24) is 15.2 Å². The van der Waals surface area contributed by atoms with Gasteiger partial charge in [0.1, 0.15) is 17.8 Å². The molecule has 0 N–H and O–H groups in total. The fourth-order valence-corrected chi connectivity index (χ4v) is 1.75. The van der Waals surface area contributed by atoms with E-state index < -0.39 is 0 Å². The van der Waals surface area contributed by atoms with Crippen molar-refractivity contribution in [1.29, 1.82) is 0 Å². The lowest BCUT2D eigenvalue weighted by molar-refractivity contribution is 0.619. The minimum atomic E-state index is -0.374. The molecule has 0 aliphatic heterocycles. The summed E-state index contributed by atoms with van der Waals surface area (Å²) in [5.41, 5.74) is 1.12. The highest BCUT2D eigenvalue weighted by Crippen LogP contribution is 2.31. The van der Waals surface area contributed by atoms with Crippen molar-refractivity contribution in [2.75, 3.05) is 0 Å². The number of rotatable bonds is 1. The van der Waals surface area contributed by atoms with E-state index in [2.05, 4.69) is 15.2 Å². The predicted molar refractivity (Wildman–Crippen MR) is 60.0 cm³/mol. The Balaban J connectivity index is 2.65. The Kier molecular flexibility index (Phi) is 3.03. The van der Waals surface area contributed by atoms with Crippen LogP contribution in [0.2, 0.25) is 10.2 Å². The third-order valence-corrected chi connectivity index (χ3v) is 2.67. The van der Waals surface area contributed by atoms with Gasteiger partial charge >= 0.3 is 0 Å². The standard InChI is InChI=1S/C10H6Cl2FN3/c1-5-2-7(11)6(3-8(5)13)9-10(12)14-4-15-16-9/h2-4H,1H3. The third-order valence-electron chi connectivity index (χ3n) is 2.08. The molecule has 82 valence electrons. The summed E-state index contributed by atoms with van der Waals surface area (Å²) >= 11 is 11.8. The molecule has 1 heterocycles. The molecular formula is C10H6Cl2FN3. The maximum absolute atomic E-state index is 13.4. The lowest BCUT2D eigenvalue weighted by atomic mass is 10.1. The molecule has 0 bridgehead atoms.